The first-order chi connectivity index (χ1) is 7.77. The van der Waals surface area contributed by atoms with Crippen LogP contribution in [0.5, 0.6) is 0 Å². The molecule has 1 amide bonds. The van der Waals surface area contributed by atoms with Crippen LogP contribution in [-0.4, -0.2) is 30.2 Å². The second kappa shape index (κ2) is 7.63. The number of unbranched alkanes of at least 4 members (excludes halogenated alkanes) is 1. The SMILES string of the molecule is NCCCCC(=O)NC1CCCCC1CO. The van der Waals surface area contributed by atoms with Crippen LogP contribution in [-0.2, 0) is 4.79 Å². The van der Waals surface area contributed by atoms with Crippen molar-refractivity contribution in [3.63, 3.8) is 0 Å². The highest BCUT2D eigenvalue weighted by molar-refractivity contribution is 5.76. The molecule has 0 heterocycles. The topological polar surface area (TPSA) is 75.4 Å². The van der Waals surface area contributed by atoms with Crippen molar-refractivity contribution < 1.29 is 9.90 Å². The molecule has 4 heteroatoms. The zero-order valence-corrected chi connectivity index (χ0v) is 9.95. The average molecular weight is 228 g/mol. The van der Waals surface area contributed by atoms with Gasteiger partial charge in [-0.1, -0.05) is 12.8 Å². The highest BCUT2D eigenvalue weighted by Gasteiger charge is 2.25. The fourth-order valence-corrected chi connectivity index (χ4v) is 2.33. The molecular formula is C12H24N2O2. The van der Waals surface area contributed by atoms with Crippen molar-refractivity contribution in [1.29, 1.82) is 0 Å². The zero-order chi connectivity index (χ0) is 11.8. The van der Waals surface area contributed by atoms with Gasteiger partial charge >= 0.3 is 0 Å². The second-order valence-electron chi connectivity index (χ2n) is 4.65. The summed E-state index contributed by atoms with van der Waals surface area (Å²) in [5.74, 6) is 0.367. The molecule has 0 spiro atoms. The number of hydrogen-bond acceptors (Lipinski definition) is 3. The van der Waals surface area contributed by atoms with Crippen LogP contribution in [0.4, 0.5) is 0 Å². The molecular weight excluding hydrogens is 204 g/mol. The number of carbonyl (C=O) groups is 1. The molecule has 1 fully saturated rings. The first-order valence-electron chi connectivity index (χ1n) is 6.38. The van der Waals surface area contributed by atoms with Crippen LogP contribution in [0.3, 0.4) is 0 Å². The lowest BCUT2D eigenvalue weighted by molar-refractivity contribution is -0.122. The number of amides is 1. The normalized spacial score (nSPS) is 25.4. The van der Waals surface area contributed by atoms with Crippen molar-refractivity contribution >= 4 is 5.91 Å². The maximum atomic E-state index is 11.6. The summed E-state index contributed by atoms with van der Waals surface area (Å²) in [6, 6.07) is 0.184. The van der Waals surface area contributed by atoms with Crippen LogP contribution in [0.15, 0.2) is 0 Å². The summed E-state index contributed by atoms with van der Waals surface area (Å²) in [6.07, 6.45) is 6.69. The van der Waals surface area contributed by atoms with Gasteiger partial charge in [-0.05, 0) is 32.2 Å². The number of aliphatic hydroxyl groups excluding tert-OH is 1. The van der Waals surface area contributed by atoms with Crippen LogP contribution >= 0.6 is 0 Å². The summed E-state index contributed by atoms with van der Waals surface area (Å²) in [5, 5.41) is 12.3. The first-order valence-corrected chi connectivity index (χ1v) is 6.38. The summed E-state index contributed by atoms with van der Waals surface area (Å²) >= 11 is 0. The number of nitrogens with one attached hydrogen (secondary N) is 1. The summed E-state index contributed by atoms with van der Waals surface area (Å²) < 4.78 is 0. The standard InChI is InChI=1S/C12H24N2O2/c13-8-4-3-7-12(16)14-11-6-2-1-5-10(11)9-15/h10-11,15H,1-9,13H2,(H,14,16). The Morgan fingerprint density at radius 1 is 1.31 bits per heavy atom. The highest BCUT2D eigenvalue weighted by atomic mass is 16.3. The van der Waals surface area contributed by atoms with Crippen LogP contribution < -0.4 is 11.1 Å². The largest absolute Gasteiger partial charge is 0.396 e. The molecule has 16 heavy (non-hydrogen) atoms. The minimum atomic E-state index is 0.110. The smallest absolute Gasteiger partial charge is 0.220 e. The third-order valence-corrected chi connectivity index (χ3v) is 3.35. The Labute approximate surface area is 97.6 Å². The maximum absolute atomic E-state index is 11.6. The summed E-state index contributed by atoms with van der Waals surface area (Å²) in [6.45, 7) is 0.837. The van der Waals surface area contributed by atoms with Gasteiger partial charge in [-0.2, -0.15) is 0 Å². The Kier molecular flexibility index (Phi) is 6.42. The van der Waals surface area contributed by atoms with E-state index in [4.69, 9.17) is 5.73 Å². The fraction of sp³-hybridized carbons (Fsp3) is 0.917. The molecule has 1 rings (SSSR count). The van der Waals surface area contributed by atoms with Gasteiger partial charge in [0, 0.05) is 25.0 Å². The maximum Gasteiger partial charge on any atom is 0.220 e. The van der Waals surface area contributed by atoms with Crippen LogP contribution in [0, 0.1) is 5.92 Å². The van der Waals surface area contributed by atoms with Gasteiger partial charge in [0.1, 0.15) is 0 Å². The van der Waals surface area contributed by atoms with E-state index in [9.17, 15) is 9.90 Å². The number of nitrogens with two attached hydrogens (primary N) is 1. The summed E-state index contributed by atoms with van der Waals surface area (Å²) in [5.41, 5.74) is 5.38. The lowest BCUT2D eigenvalue weighted by Crippen LogP contribution is -2.43. The fourth-order valence-electron chi connectivity index (χ4n) is 2.33. The van der Waals surface area contributed by atoms with Gasteiger partial charge in [-0.3, -0.25) is 4.79 Å². The molecule has 0 aromatic carbocycles. The number of rotatable bonds is 6. The van der Waals surface area contributed by atoms with Crippen molar-refractivity contribution in [2.45, 2.75) is 51.0 Å². The summed E-state index contributed by atoms with van der Waals surface area (Å²) in [4.78, 5) is 11.6. The molecule has 0 saturated heterocycles. The third kappa shape index (κ3) is 4.49. The molecule has 1 aliphatic rings. The zero-order valence-electron chi connectivity index (χ0n) is 9.95. The quantitative estimate of drug-likeness (QED) is 0.588. The highest BCUT2D eigenvalue weighted by Crippen LogP contribution is 2.23. The van der Waals surface area contributed by atoms with Crippen molar-refractivity contribution in [2.24, 2.45) is 11.7 Å². The van der Waals surface area contributed by atoms with Gasteiger partial charge in [0.15, 0.2) is 0 Å². The molecule has 0 aromatic heterocycles. The predicted molar refractivity (Wildman–Crippen MR) is 63.9 cm³/mol. The Morgan fingerprint density at radius 2 is 2.06 bits per heavy atom. The first kappa shape index (κ1) is 13.5. The molecule has 0 aromatic rings. The Balaban J connectivity index is 2.25. The van der Waals surface area contributed by atoms with Gasteiger partial charge in [0.25, 0.3) is 0 Å². The summed E-state index contributed by atoms with van der Waals surface area (Å²) in [7, 11) is 0. The molecule has 94 valence electrons. The molecule has 0 aliphatic heterocycles. The number of carbonyl (C=O) groups excluding carboxylic acids is 1. The Hall–Kier alpha value is -0.610. The Morgan fingerprint density at radius 3 is 2.75 bits per heavy atom. The molecule has 2 atom stereocenters. The van der Waals surface area contributed by atoms with Crippen molar-refractivity contribution in [3.05, 3.63) is 0 Å². The molecule has 4 N–H and O–H groups in total. The number of aliphatic hydroxyl groups is 1. The minimum absolute atomic E-state index is 0.110. The van der Waals surface area contributed by atoms with E-state index >= 15 is 0 Å². The van der Waals surface area contributed by atoms with E-state index in [1.165, 1.54) is 6.42 Å². The van der Waals surface area contributed by atoms with E-state index in [2.05, 4.69) is 5.32 Å². The van der Waals surface area contributed by atoms with E-state index in [1.54, 1.807) is 0 Å². The average Bonchev–Trinajstić information content (AvgIpc) is 2.30. The van der Waals surface area contributed by atoms with Crippen LogP contribution in [0.1, 0.15) is 44.9 Å². The van der Waals surface area contributed by atoms with Gasteiger partial charge in [0.2, 0.25) is 5.91 Å². The predicted octanol–water partition coefficient (Wildman–Crippen LogP) is 0.783. The monoisotopic (exact) mass is 228 g/mol. The lowest BCUT2D eigenvalue weighted by Gasteiger charge is -2.30. The van der Waals surface area contributed by atoms with E-state index < -0.39 is 0 Å². The van der Waals surface area contributed by atoms with Gasteiger partial charge in [0.05, 0.1) is 0 Å². The molecule has 1 saturated carbocycles. The van der Waals surface area contributed by atoms with Gasteiger partial charge in [-0.15, -0.1) is 0 Å². The van der Waals surface area contributed by atoms with Gasteiger partial charge < -0.3 is 16.2 Å². The number of hydrogen-bond donors (Lipinski definition) is 3. The van der Waals surface area contributed by atoms with Crippen molar-refractivity contribution in [2.75, 3.05) is 13.2 Å². The Bertz CT molecular complexity index is 209. The molecule has 1 aliphatic carbocycles. The van der Waals surface area contributed by atoms with Crippen molar-refractivity contribution in [3.8, 4) is 0 Å². The minimum Gasteiger partial charge on any atom is -0.396 e. The van der Waals surface area contributed by atoms with Crippen LogP contribution in [0.2, 0.25) is 0 Å². The molecule has 4 nitrogen and oxygen atoms in total. The van der Waals surface area contributed by atoms with Crippen molar-refractivity contribution in [1.82, 2.24) is 5.32 Å². The van der Waals surface area contributed by atoms with Crippen LogP contribution in [0.25, 0.3) is 0 Å². The molecule has 2 unspecified atom stereocenters. The van der Waals surface area contributed by atoms with Gasteiger partial charge in [-0.25, -0.2) is 0 Å². The van der Waals surface area contributed by atoms with E-state index in [-0.39, 0.29) is 24.5 Å². The van der Waals surface area contributed by atoms with E-state index in [0.29, 0.717) is 13.0 Å². The third-order valence-electron chi connectivity index (χ3n) is 3.35. The lowest BCUT2D eigenvalue weighted by atomic mass is 9.85. The van der Waals surface area contributed by atoms with E-state index in [1.807, 2.05) is 0 Å². The molecule has 0 radical (unpaired) electrons. The second-order valence-corrected chi connectivity index (χ2v) is 4.65. The van der Waals surface area contributed by atoms with E-state index in [0.717, 1.165) is 32.1 Å². The molecule has 0 bridgehead atoms.